The molecule has 0 radical (unpaired) electrons. The zero-order valence-corrected chi connectivity index (χ0v) is 16.2. The molecule has 1 aromatic carbocycles. The molecule has 138 valence electrons. The molecule has 1 fully saturated rings. The second-order valence-corrected chi connectivity index (χ2v) is 6.88. The number of ether oxygens (including phenoxy) is 2. The van der Waals surface area contributed by atoms with E-state index < -0.39 is 0 Å². The predicted molar refractivity (Wildman–Crippen MR) is 102 cm³/mol. The Morgan fingerprint density at radius 2 is 2.16 bits per heavy atom. The molecule has 0 bridgehead atoms. The molecule has 0 spiro atoms. The van der Waals surface area contributed by atoms with Gasteiger partial charge < -0.3 is 19.4 Å². The predicted octanol–water partition coefficient (Wildman–Crippen LogP) is 2.88. The van der Waals surface area contributed by atoms with Crippen LogP contribution in [0.2, 0.25) is 0 Å². The summed E-state index contributed by atoms with van der Waals surface area (Å²) in [6.45, 7) is 2.72. The second-order valence-electron chi connectivity index (χ2n) is 5.82. The van der Waals surface area contributed by atoms with Crippen molar-refractivity contribution in [1.29, 1.82) is 0 Å². The Kier molecular flexibility index (Phi) is 7.87. The number of benzene rings is 1. The first kappa shape index (κ1) is 19.9. The van der Waals surface area contributed by atoms with Crippen LogP contribution in [0.3, 0.4) is 0 Å². The Bertz CT molecular complexity index is 662. The van der Waals surface area contributed by atoms with Gasteiger partial charge in [0.15, 0.2) is 5.16 Å². The molecule has 1 aromatic heterocycles. The first-order valence-corrected chi connectivity index (χ1v) is 9.26. The van der Waals surface area contributed by atoms with E-state index in [2.05, 4.69) is 27.1 Å². The van der Waals surface area contributed by atoms with Gasteiger partial charge in [0.25, 0.3) is 0 Å². The normalized spacial score (nSPS) is 17.0. The number of hydrogen-bond donors (Lipinski definition) is 1. The van der Waals surface area contributed by atoms with Gasteiger partial charge in [-0.15, -0.1) is 22.6 Å². The lowest BCUT2D eigenvalue weighted by atomic mass is 9.99. The molecular weight excluding hydrogens is 360 g/mol. The van der Waals surface area contributed by atoms with Crippen LogP contribution in [-0.2, 0) is 7.05 Å². The lowest BCUT2D eigenvalue weighted by Gasteiger charge is -2.21. The standard InChI is InChI=1S/C17H24N4O2S.ClH/c1-21-16(13-5-4-8-18-12-13)19-20-17(21)24-10-9-23-15-7-3-6-14(11-15)22-2;/h3,6-7,11,13,18H,4-5,8-10,12H2,1-2H3;1H. The van der Waals surface area contributed by atoms with Crippen molar-refractivity contribution < 1.29 is 9.47 Å². The van der Waals surface area contributed by atoms with Crippen LogP contribution in [0.5, 0.6) is 11.5 Å². The molecule has 2 heterocycles. The minimum absolute atomic E-state index is 0. The summed E-state index contributed by atoms with van der Waals surface area (Å²) in [5, 5.41) is 13.1. The minimum atomic E-state index is 0. The maximum Gasteiger partial charge on any atom is 0.191 e. The van der Waals surface area contributed by atoms with Gasteiger partial charge in [0, 0.05) is 31.3 Å². The van der Waals surface area contributed by atoms with Crippen LogP contribution >= 0.6 is 24.2 Å². The fourth-order valence-corrected chi connectivity index (χ4v) is 3.60. The van der Waals surface area contributed by atoms with E-state index >= 15 is 0 Å². The molecule has 0 aliphatic carbocycles. The monoisotopic (exact) mass is 384 g/mol. The average molecular weight is 385 g/mol. The Hall–Kier alpha value is -1.44. The van der Waals surface area contributed by atoms with Crippen LogP contribution < -0.4 is 14.8 Å². The highest BCUT2D eigenvalue weighted by atomic mass is 35.5. The number of nitrogens with zero attached hydrogens (tertiary/aromatic N) is 3. The van der Waals surface area contributed by atoms with Crippen molar-refractivity contribution in [2.45, 2.75) is 23.9 Å². The molecule has 1 saturated heterocycles. The third kappa shape index (κ3) is 5.26. The van der Waals surface area contributed by atoms with Gasteiger partial charge in [0.05, 0.1) is 13.7 Å². The van der Waals surface area contributed by atoms with E-state index in [1.165, 1.54) is 12.8 Å². The number of hydrogen-bond acceptors (Lipinski definition) is 6. The Morgan fingerprint density at radius 3 is 2.92 bits per heavy atom. The summed E-state index contributed by atoms with van der Waals surface area (Å²) in [4.78, 5) is 0. The fourth-order valence-electron chi connectivity index (χ4n) is 2.86. The molecule has 3 rings (SSSR count). The minimum Gasteiger partial charge on any atom is -0.497 e. The van der Waals surface area contributed by atoms with Crippen molar-refractivity contribution in [3.8, 4) is 11.5 Å². The van der Waals surface area contributed by atoms with E-state index in [1.54, 1.807) is 18.9 Å². The first-order chi connectivity index (χ1) is 11.8. The molecule has 2 aromatic rings. The zero-order chi connectivity index (χ0) is 16.8. The highest BCUT2D eigenvalue weighted by Crippen LogP contribution is 2.25. The summed E-state index contributed by atoms with van der Waals surface area (Å²) in [6, 6.07) is 7.65. The quantitative estimate of drug-likeness (QED) is 0.585. The molecule has 1 aliphatic heterocycles. The average Bonchev–Trinajstić information content (AvgIpc) is 3.00. The zero-order valence-electron chi connectivity index (χ0n) is 14.6. The van der Waals surface area contributed by atoms with Gasteiger partial charge in [0.2, 0.25) is 0 Å². The fraction of sp³-hybridized carbons (Fsp3) is 0.529. The van der Waals surface area contributed by atoms with Gasteiger partial charge in [-0.25, -0.2) is 0 Å². The number of rotatable bonds is 7. The molecule has 25 heavy (non-hydrogen) atoms. The van der Waals surface area contributed by atoms with Crippen LogP contribution in [-0.4, -0.2) is 47.3 Å². The van der Waals surface area contributed by atoms with Gasteiger partial charge in [0.1, 0.15) is 17.3 Å². The van der Waals surface area contributed by atoms with Crippen LogP contribution in [0.25, 0.3) is 0 Å². The van der Waals surface area contributed by atoms with E-state index in [1.807, 2.05) is 24.3 Å². The Balaban J connectivity index is 0.00000225. The van der Waals surface area contributed by atoms with Crippen molar-refractivity contribution in [3.63, 3.8) is 0 Å². The van der Waals surface area contributed by atoms with Gasteiger partial charge in [-0.1, -0.05) is 17.8 Å². The molecule has 1 N–H and O–H groups in total. The first-order valence-electron chi connectivity index (χ1n) is 8.27. The summed E-state index contributed by atoms with van der Waals surface area (Å²) >= 11 is 1.67. The molecule has 1 aliphatic rings. The third-order valence-corrected chi connectivity index (χ3v) is 5.14. The summed E-state index contributed by atoms with van der Waals surface area (Å²) < 4.78 is 13.1. The Morgan fingerprint density at radius 1 is 1.32 bits per heavy atom. The number of thioether (sulfide) groups is 1. The van der Waals surface area contributed by atoms with E-state index in [-0.39, 0.29) is 12.4 Å². The van der Waals surface area contributed by atoms with E-state index in [9.17, 15) is 0 Å². The maximum atomic E-state index is 5.76. The van der Waals surface area contributed by atoms with Crippen LogP contribution in [0, 0.1) is 0 Å². The number of aromatic nitrogens is 3. The summed E-state index contributed by atoms with van der Waals surface area (Å²) in [5.74, 6) is 4.00. The highest BCUT2D eigenvalue weighted by Gasteiger charge is 2.21. The molecular formula is C17H25ClN4O2S. The Labute approximate surface area is 159 Å². The van der Waals surface area contributed by atoms with E-state index in [4.69, 9.17) is 9.47 Å². The second kappa shape index (κ2) is 9.89. The van der Waals surface area contributed by atoms with Gasteiger partial charge in [-0.2, -0.15) is 0 Å². The number of methoxy groups -OCH3 is 1. The lowest BCUT2D eigenvalue weighted by molar-refractivity contribution is 0.339. The van der Waals surface area contributed by atoms with Crippen molar-refractivity contribution in [2.24, 2.45) is 7.05 Å². The van der Waals surface area contributed by atoms with Crippen LogP contribution in [0.4, 0.5) is 0 Å². The largest absolute Gasteiger partial charge is 0.497 e. The maximum absolute atomic E-state index is 5.76. The SMILES string of the molecule is COc1cccc(OCCSc2nnc(C3CCCNC3)n2C)c1.Cl. The van der Waals surface area contributed by atoms with Crippen molar-refractivity contribution in [3.05, 3.63) is 30.1 Å². The highest BCUT2D eigenvalue weighted by molar-refractivity contribution is 7.99. The molecule has 1 unspecified atom stereocenters. The van der Waals surface area contributed by atoms with E-state index in [0.717, 1.165) is 41.3 Å². The van der Waals surface area contributed by atoms with E-state index in [0.29, 0.717) is 12.5 Å². The molecule has 0 amide bonds. The summed E-state index contributed by atoms with van der Waals surface area (Å²) in [5.41, 5.74) is 0. The van der Waals surface area contributed by atoms with Crippen LogP contribution in [0.1, 0.15) is 24.6 Å². The molecule has 1 atom stereocenters. The van der Waals surface area contributed by atoms with Crippen LogP contribution in [0.15, 0.2) is 29.4 Å². The lowest BCUT2D eigenvalue weighted by Crippen LogP contribution is -2.29. The smallest absolute Gasteiger partial charge is 0.191 e. The van der Waals surface area contributed by atoms with Gasteiger partial charge in [-0.05, 0) is 31.5 Å². The molecule has 6 nitrogen and oxygen atoms in total. The van der Waals surface area contributed by atoms with Crippen molar-refractivity contribution >= 4 is 24.2 Å². The number of piperidine rings is 1. The van der Waals surface area contributed by atoms with Gasteiger partial charge >= 0.3 is 0 Å². The number of halogens is 1. The topological polar surface area (TPSA) is 61.2 Å². The number of nitrogens with one attached hydrogen (secondary N) is 1. The molecule has 0 saturated carbocycles. The molecule has 8 heteroatoms. The van der Waals surface area contributed by atoms with Gasteiger partial charge in [-0.3, -0.25) is 0 Å². The third-order valence-electron chi connectivity index (χ3n) is 4.16. The summed E-state index contributed by atoms with van der Waals surface area (Å²) in [7, 11) is 3.71. The summed E-state index contributed by atoms with van der Waals surface area (Å²) in [6.07, 6.45) is 2.39. The van der Waals surface area contributed by atoms with Crippen molar-refractivity contribution in [1.82, 2.24) is 20.1 Å². The van der Waals surface area contributed by atoms with Crippen molar-refractivity contribution in [2.75, 3.05) is 32.6 Å².